The molecule has 0 bridgehead atoms. The molecule has 0 aliphatic carbocycles. The zero-order chi connectivity index (χ0) is 14.6. The van der Waals surface area contributed by atoms with E-state index < -0.39 is 5.54 Å². The van der Waals surface area contributed by atoms with Crippen molar-refractivity contribution in [2.45, 2.75) is 64.8 Å². The number of nitrogens with one attached hydrogen (secondary N) is 1. The van der Waals surface area contributed by atoms with Gasteiger partial charge in [0.1, 0.15) is 5.54 Å². The average Bonchev–Trinajstić information content (AvgIpc) is 2.43. The molecule has 1 N–H and O–H groups in total. The maximum absolute atomic E-state index is 11.8. The third-order valence-corrected chi connectivity index (χ3v) is 3.26. The third kappa shape index (κ3) is 8.22. The van der Waals surface area contributed by atoms with Crippen LogP contribution in [0.25, 0.3) is 0 Å². The first-order valence-corrected chi connectivity index (χ1v) is 7.52. The van der Waals surface area contributed by atoms with Crippen LogP contribution in [0.4, 0.5) is 0 Å². The van der Waals surface area contributed by atoms with Crippen molar-refractivity contribution in [1.29, 1.82) is 0 Å². The van der Waals surface area contributed by atoms with E-state index in [9.17, 15) is 4.79 Å². The van der Waals surface area contributed by atoms with Gasteiger partial charge in [-0.25, -0.2) is 0 Å². The summed E-state index contributed by atoms with van der Waals surface area (Å²) < 4.78 is 10.4. The number of rotatable bonds is 12. The first-order chi connectivity index (χ1) is 9.10. The molecule has 0 aliphatic rings. The lowest BCUT2D eigenvalue weighted by atomic mass is 9.94. The summed E-state index contributed by atoms with van der Waals surface area (Å²) in [7, 11) is 1.45. The summed E-state index contributed by atoms with van der Waals surface area (Å²) in [5.74, 6) is -0.173. The van der Waals surface area contributed by atoms with E-state index in [1.807, 2.05) is 6.92 Å². The lowest BCUT2D eigenvalue weighted by Crippen LogP contribution is -2.50. The fourth-order valence-electron chi connectivity index (χ4n) is 1.92. The fourth-order valence-corrected chi connectivity index (χ4v) is 1.92. The molecule has 0 saturated heterocycles. The quantitative estimate of drug-likeness (QED) is 0.439. The Labute approximate surface area is 118 Å². The molecular weight excluding hydrogens is 242 g/mol. The van der Waals surface area contributed by atoms with Crippen molar-refractivity contribution in [2.75, 3.05) is 26.9 Å². The summed E-state index contributed by atoms with van der Waals surface area (Å²) >= 11 is 0. The molecule has 0 radical (unpaired) electrons. The molecular formula is C15H31NO3. The van der Waals surface area contributed by atoms with E-state index in [1.54, 1.807) is 0 Å². The molecule has 1 atom stereocenters. The average molecular weight is 273 g/mol. The van der Waals surface area contributed by atoms with Crippen LogP contribution in [0, 0.1) is 0 Å². The van der Waals surface area contributed by atoms with E-state index in [0.29, 0.717) is 0 Å². The lowest BCUT2D eigenvalue weighted by molar-refractivity contribution is -0.148. The molecule has 4 heteroatoms. The molecule has 19 heavy (non-hydrogen) atoms. The van der Waals surface area contributed by atoms with E-state index >= 15 is 0 Å². The number of hydrogen-bond donors (Lipinski definition) is 1. The van der Waals surface area contributed by atoms with Crippen molar-refractivity contribution in [2.24, 2.45) is 0 Å². The second-order valence-corrected chi connectivity index (χ2v) is 5.17. The Morgan fingerprint density at radius 1 is 1.11 bits per heavy atom. The molecule has 1 unspecified atom stereocenters. The Bertz CT molecular complexity index is 233. The van der Waals surface area contributed by atoms with Gasteiger partial charge in [-0.2, -0.15) is 0 Å². The zero-order valence-corrected chi connectivity index (χ0v) is 13.1. The van der Waals surface area contributed by atoms with Gasteiger partial charge in [0.15, 0.2) is 0 Å². The highest BCUT2D eigenvalue weighted by atomic mass is 16.5. The highest BCUT2D eigenvalue weighted by Gasteiger charge is 2.32. The molecule has 0 aromatic rings. The summed E-state index contributed by atoms with van der Waals surface area (Å²) in [6.45, 7) is 8.63. The van der Waals surface area contributed by atoms with Gasteiger partial charge in [-0.05, 0) is 45.6 Å². The smallest absolute Gasteiger partial charge is 0.325 e. The monoisotopic (exact) mass is 273 g/mol. The minimum atomic E-state index is -0.561. The first-order valence-electron chi connectivity index (χ1n) is 7.52. The van der Waals surface area contributed by atoms with Crippen molar-refractivity contribution < 1.29 is 14.3 Å². The van der Waals surface area contributed by atoms with Gasteiger partial charge in [0.05, 0.1) is 7.11 Å². The minimum Gasteiger partial charge on any atom is -0.468 e. The van der Waals surface area contributed by atoms with Crippen LogP contribution in [0.5, 0.6) is 0 Å². The topological polar surface area (TPSA) is 47.6 Å². The zero-order valence-electron chi connectivity index (χ0n) is 13.1. The molecule has 114 valence electrons. The van der Waals surface area contributed by atoms with Crippen LogP contribution in [0.15, 0.2) is 0 Å². The number of methoxy groups -OCH3 is 1. The van der Waals surface area contributed by atoms with Crippen LogP contribution >= 0.6 is 0 Å². The van der Waals surface area contributed by atoms with Crippen molar-refractivity contribution in [3.63, 3.8) is 0 Å². The van der Waals surface area contributed by atoms with Crippen LogP contribution in [-0.4, -0.2) is 38.4 Å². The standard InChI is InChI=1S/C15H31NO3/c1-5-7-12-19-13-9-8-10-15(3,14(17)18-4)16-11-6-2/h16H,5-13H2,1-4H3. The first kappa shape index (κ1) is 18.4. The molecule has 0 rings (SSSR count). The number of unbranched alkanes of at least 4 members (excludes halogenated alkanes) is 2. The van der Waals surface area contributed by atoms with E-state index in [1.165, 1.54) is 13.5 Å². The molecule has 0 amide bonds. The van der Waals surface area contributed by atoms with Crippen LogP contribution in [0.1, 0.15) is 59.3 Å². The van der Waals surface area contributed by atoms with Gasteiger partial charge in [-0.1, -0.05) is 20.3 Å². The summed E-state index contributed by atoms with van der Waals surface area (Å²) in [6.07, 6.45) is 6.04. The lowest BCUT2D eigenvalue weighted by Gasteiger charge is -2.28. The fraction of sp³-hybridized carbons (Fsp3) is 0.933. The van der Waals surface area contributed by atoms with Gasteiger partial charge in [-0.3, -0.25) is 4.79 Å². The molecule has 0 aromatic carbocycles. The van der Waals surface area contributed by atoms with Crippen molar-refractivity contribution in [3.8, 4) is 0 Å². The maximum atomic E-state index is 11.8. The Hall–Kier alpha value is -0.610. The maximum Gasteiger partial charge on any atom is 0.325 e. The number of carbonyl (C=O) groups excluding carboxylic acids is 1. The van der Waals surface area contributed by atoms with Crippen LogP contribution in [-0.2, 0) is 14.3 Å². The van der Waals surface area contributed by atoms with Crippen molar-refractivity contribution >= 4 is 5.97 Å². The summed E-state index contributed by atoms with van der Waals surface area (Å²) in [5.41, 5.74) is -0.561. The van der Waals surface area contributed by atoms with Gasteiger partial charge >= 0.3 is 5.97 Å². The molecule has 0 fully saturated rings. The number of carbonyl (C=O) groups is 1. The number of hydrogen-bond acceptors (Lipinski definition) is 4. The van der Waals surface area contributed by atoms with E-state index in [-0.39, 0.29) is 5.97 Å². The summed E-state index contributed by atoms with van der Waals surface area (Å²) in [4.78, 5) is 11.8. The molecule has 0 saturated carbocycles. The third-order valence-electron chi connectivity index (χ3n) is 3.26. The van der Waals surface area contributed by atoms with Crippen LogP contribution in [0.2, 0.25) is 0 Å². The second-order valence-electron chi connectivity index (χ2n) is 5.17. The highest BCUT2D eigenvalue weighted by molar-refractivity contribution is 5.80. The highest BCUT2D eigenvalue weighted by Crippen LogP contribution is 2.16. The molecule has 0 aromatic heterocycles. The SMILES string of the molecule is CCCCOCCCCC(C)(NCCC)C(=O)OC. The largest absolute Gasteiger partial charge is 0.468 e. The normalized spacial score (nSPS) is 14.1. The predicted molar refractivity (Wildman–Crippen MR) is 78.3 cm³/mol. The molecule has 0 spiro atoms. The predicted octanol–water partition coefficient (Wildman–Crippen LogP) is 2.90. The van der Waals surface area contributed by atoms with Gasteiger partial charge in [0.25, 0.3) is 0 Å². The Kier molecular flexibility index (Phi) is 10.9. The molecule has 0 aliphatic heterocycles. The van der Waals surface area contributed by atoms with Gasteiger partial charge in [0.2, 0.25) is 0 Å². The summed E-state index contributed by atoms with van der Waals surface area (Å²) in [5, 5.41) is 3.29. The van der Waals surface area contributed by atoms with Crippen molar-refractivity contribution in [1.82, 2.24) is 5.32 Å². The number of ether oxygens (including phenoxy) is 2. The van der Waals surface area contributed by atoms with E-state index in [0.717, 1.165) is 51.9 Å². The number of esters is 1. The van der Waals surface area contributed by atoms with Crippen molar-refractivity contribution in [3.05, 3.63) is 0 Å². The Morgan fingerprint density at radius 2 is 1.79 bits per heavy atom. The van der Waals surface area contributed by atoms with Gasteiger partial charge in [-0.15, -0.1) is 0 Å². The van der Waals surface area contributed by atoms with Gasteiger partial charge in [0, 0.05) is 13.2 Å². The Morgan fingerprint density at radius 3 is 2.37 bits per heavy atom. The second kappa shape index (κ2) is 11.2. The molecule has 0 heterocycles. The minimum absolute atomic E-state index is 0.173. The van der Waals surface area contributed by atoms with Crippen LogP contribution < -0.4 is 5.32 Å². The van der Waals surface area contributed by atoms with Gasteiger partial charge < -0.3 is 14.8 Å². The van der Waals surface area contributed by atoms with E-state index in [4.69, 9.17) is 9.47 Å². The van der Waals surface area contributed by atoms with Crippen LogP contribution in [0.3, 0.4) is 0 Å². The Balaban J connectivity index is 3.89. The summed E-state index contributed by atoms with van der Waals surface area (Å²) in [6, 6.07) is 0. The van der Waals surface area contributed by atoms with E-state index in [2.05, 4.69) is 19.2 Å². The molecule has 4 nitrogen and oxygen atoms in total.